The zero-order valence-corrected chi connectivity index (χ0v) is 17.7. The average molecular weight is 482 g/mol. The van der Waals surface area contributed by atoms with E-state index in [1.54, 1.807) is 24.3 Å². The number of alkyl halides is 4. The van der Waals surface area contributed by atoms with E-state index in [-0.39, 0.29) is 11.4 Å². The smallest absolute Gasteiger partial charge is 0.282 e. The molecule has 0 aliphatic carbocycles. The predicted molar refractivity (Wildman–Crippen MR) is 112 cm³/mol. The molecule has 0 saturated carbocycles. The average Bonchev–Trinajstić information content (AvgIpc) is 3.25. The van der Waals surface area contributed by atoms with Crippen molar-refractivity contribution in [2.75, 3.05) is 12.4 Å². The molecule has 1 amide bonds. The summed E-state index contributed by atoms with van der Waals surface area (Å²) in [6, 6.07) is 8.86. The molecule has 9 nitrogen and oxygen atoms in total. The zero-order chi connectivity index (χ0) is 25.0. The number of hydrogen-bond donors (Lipinski definition) is 1. The van der Waals surface area contributed by atoms with Crippen LogP contribution < -0.4 is 14.8 Å². The van der Waals surface area contributed by atoms with E-state index in [1.165, 1.54) is 20.1 Å². The van der Waals surface area contributed by atoms with Gasteiger partial charge < -0.3 is 14.8 Å². The first-order chi connectivity index (χ1) is 16.1. The van der Waals surface area contributed by atoms with Crippen LogP contribution in [0.5, 0.6) is 17.2 Å². The summed E-state index contributed by atoms with van der Waals surface area (Å²) in [6.45, 7) is 1.18. The fourth-order valence-corrected chi connectivity index (χ4v) is 2.97. The number of carbonyl (C=O) groups is 1. The lowest BCUT2D eigenvalue weighted by atomic mass is 10.2. The summed E-state index contributed by atoms with van der Waals surface area (Å²) in [7, 11) is 1.48. The van der Waals surface area contributed by atoms with E-state index < -0.39 is 46.8 Å². The van der Waals surface area contributed by atoms with Crippen LogP contribution in [0.4, 0.5) is 28.9 Å². The highest BCUT2D eigenvalue weighted by atomic mass is 19.3. The van der Waals surface area contributed by atoms with Crippen molar-refractivity contribution in [3.05, 3.63) is 70.0 Å². The number of rotatable bonds is 9. The Hall–Kier alpha value is -4.16. The molecule has 34 heavy (non-hydrogen) atoms. The SMILES string of the molecule is COc1ccc(Oc2cc(NC(=O)C(C)n3nc(C(F)F)cc3C(F)F)cc([N+](=O)[O-])c2)cc1. The standard InChI is InChI=1S/C21H18F4N4O5/c1-11(28-18(20(24)25)10-17(27-28)19(22)23)21(30)26-12-7-13(29(31)32)9-16(8-12)34-15-5-3-14(33-2)4-6-15/h3-11,19-20H,1-2H3,(H,26,30). The molecule has 2 aromatic carbocycles. The Balaban J connectivity index is 1.86. The number of nitrogens with one attached hydrogen (secondary N) is 1. The van der Waals surface area contributed by atoms with Gasteiger partial charge in [0.2, 0.25) is 5.91 Å². The van der Waals surface area contributed by atoms with Crippen LogP contribution in [0.1, 0.15) is 37.2 Å². The Morgan fingerprint density at radius 1 is 1.03 bits per heavy atom. The third kappa shape index (κ3) is 5.60. The van der Waals surface area contributed by atoms with Gasteiger partial charge >= 0.3 is 0 Å². The molecular formula is C21H18F4N4O5. The summed E-state index contributed by atoms with van der Waals surface area (Å²) >= 11 is 0. The van der Waals surface area contributed by atoms with E-state index in [4.69, 9.17) is 9.47 Å². The predicted octanol–water partition coefficient (Wildman–Crippen LogP) is 5.67. The molecule has 0 saturated heterocycles. The normalized spacial score (nSPS) is 12.0. The van der Waals surface area contributed by atoms with E-state index in [9.17, 15) is 32.5 Å². The second-order valence-electron chi connectivity index (χ2n) is 6.96. The Labute approximate surface area is 190 Å². The van der Waals surface area contributed by atoms with Gasteiger partial charge in [-0.05, 0) is 37.3 Å². The largest absolute Gasteiger partial charge is 0.497 e. The monoisotopic (exact) mass is 482 g/mol. The molecule has 180 valence electrons. The number of nitrogens with zero attached hydrogens (tertiary/aromatic N) is 3. The minimum Gasteiger partial charge on any atom is -0.497 e. The maximum Gasteiger partial charge on any atom is 0.282 e. The molecule has 0 fully saturated rings. The number of halogens is 4. The van der Waals surface area contributed by atoms with Crippen molar-refractivity contribution < 1.29 is 36.8 Å². The van der Waals surface area contributed by atoms with Gasteiger partial charge in [0.05, 0.1) is 23.8 Å². The third-order valence-corrected chi connectivity index (χ3v) is 4.64. The van der Waals surface area contributed by atoms with Gasteiger partial charge in [-0.2, -0.15) is 5.10 Å². The van der Waals surface area contributed by atoms with Crippen molar-refractivity contribution in [1.82, 2.24) is 9.78 Å². The van der Waals surface area contributed by atoms with Crippen LogP contribution in [-0.2, 0) is 4.79 Å². The molecule has 3 aromatic rings. The van der Waals surface area contributed by atoms with Crippen LogP contribution in [0.25, 0.3) is 0 Å². The molecule has 1 atom stereocenters. The molecule has 3 rings (SSSR count). The summed E-state index contributed by atoms with van der Waals surface area (Å²) in [4.78, 5) is 23.3. The number of benzene rings is 2. The summed E-state index contributed by atoms with van der Waals surface area (Å²) < 4.78 is 63.5. The second kappa shape index (κ2) is 10.2. The number of ether oxygens (including phenoxy) is 2. The van der Waals surface area contributed by atoms with Gasteiger partial charge in [0.1, 0.15) is 34.7 Å². The number of nitro benzene ring substituents is 1. The first-order valence-corrected chi connectivity index (χ1v) is 9.67. The number of anilines is 1. The van der Waals surface area contributed by atoms with Gasteiger partial charge in [0.15, 0.2) is 0 Å². The van der Waals surface area contributed by atoms with E-state index in [0.29, 0.717) is 22.2 Å². The number of carbonyl (C=O) groups excluding carboxylic acids is 1. The fraction of sp³-hybridized carbons (Fsp3) is 0.238. The molecule has 1 unspecified atom stereocenters. The van der Waals surface area contributed by atoms with Crippen molar-refractivity contribution >= 4 is 17.3 Å². The molecule has 1 heterocycles. The Bertz CT molecular complexity index is 1180. The number of nitro groups is 1. The van der Waals surface area contributed by atoms with E-state index in [1.807, 2.05) is 0 Å². The number of amides is 1. The summed E-state index contributed by atoms with van der Waals surface area (Å²) in [6.07, 6.45) is -6.26. The number of non-ortho nitro benzene ring substituents is 1. The van der Waals surface area contributed by atoms with E-state index in [0.717, 1.165) is 12.1 Å². The van der Waals surface area contributed by atoms with Crippen molar-refractivity contribution in [3.8, 4) is 17.2 Å². The Morgan fingerprint density at radius 3 is 2.24 bits per heavy atom. The summed E-state index contributed by atoms with van der Waals surface area (Å²) in [5.74, 6) is -0.0221. The van der Waals surface area contributed by atoms with Crippen molar-refractivity contribution in [2.45, 2.75) is 25.8 Å². The van der Waals surface area contributed by atoms with Crippen molar-refractivity contribution in [2.24, 2.45) is 0 Å². The van der Waals surface area contributed by atoms with Gasteiger partial charge in [-0.15, -0.1) is 0 Å². The van der Waals surface area contributed by atoms with Crippen LogP contribution in [0.2, 0.25) is 0 Å². The maximum absolute atomic E-state index is 13.3. The molecular weight excluding hydrogens is 464 g/mol. The highest BCUT2D eigenvalue weighted by Gasteiger charge is 2.27. The molecule has 0 aliphatic rings. The van der Waals surface area contributed by atoms with Gasteiger partial charge in [-0.1, -0.05) is 0 Å². The van der Waals surface area contributed by atoms with Crippen molar-refractivity contribution in [1.29, 1.82) is 0 Å². The van der Waals surface area contributed by atoms with Crippen LogP contribution in [0, 0.1) is 10.1 Å². The molecule has 0 spiro atoms. The molecule has 13 heteroatoms. The van der Waals surface area contributed by atoms with Crippen LogP contribution >= 0.6 is 0 Å². The minimum absolute atomic E-state index is 0.00895. The Morgan fingerprint density at radius 2 is 1.68 bits per heavy atom. The number of methoxy groups -OCH3 is 1. The molecule has 0 bridgehead atoms. The van der Waals surface area contributed by atoms with E-state index in [2.05, 4.69) is 10.4 Å². The zero-order valence-electron chi connectivity index (χ0n) is 17.7. The fourth-order valence-electron chi connectivity index (χ4n) is 2.97. The van der Waals surface area contributed by atoms with Crippen LogP contribution in [-0.4, -0.2) is 27.7 Å². The lowest BCUT2D eigenvalue weighted by molar-refractivity contribution is -0.384. The highest BCUT2D eigenvalue weighted by molar-refractivity contribution is 5.94. The molecule has 1 aromatic heterocycles. The van der Waals surface area contributed by atoms with Gasteiger partial charge in [0, 0.05) is 12.1 Å². The third-order valence-electron chi connectivity index (χ3n) is 4.64. The molecule has 0 aliphatic heterocycles. The maximum atomic E-state index is 13.3. The quantitative estimate of drug-likeness (QED) is 0.239. The highest BCUT2D eigenvalue weighted by Crippen LogP contribution is 2.32. The first-order valence-electron chi connectivity index (χ1n) is 9.67. The first kappa shape index (κ1) is 24.5. The van der Waals surface area contributed by atoms with Gasteiger partial charge in [0.25, 0.3) is 18.5 Å². The van der Waals surface area contributed by atoms with Crippen molar-refractivity contribution in [3.63, 3.8) is 0 Å². The second-order valence-corrected chi connectivity index (χ2v) is 6.96. The van der Waals surface area contributed by atoms with E-state index >= 15 is 0 Å². The molecule has 0 radical (unpaired) electrons. The number of aromatic nitrogens is 2. The Kier molecular flexibility index (Phi) is 7.34. The minimum atomic E-state index is -3.16. The summed E-state index contributed by atoms with van der Waals surface area (Å²) in [5, 5.41) is 17.1. The lowest BCUT2D eigenvalue weighted by Gasteiger charge is -2.16. The number of hydrogen-bond acceptors (Lipinski definition) is 6. The van der Waals surface area contributed by atoms with Crippen LogP contribution in [0.15, 0.2) is 48.5 Å². The topological polar surface area (TPSA) is 109 Å². The van der Waals surface area contributed by atoms with Crippen LogP contribution in [0.3, 0.4) is 0 Å². The molecule has 1 N–H and O–H groups in total. The summed E-state index contributed by atoms with van der Waals surface area (Å²) in [5.41, 5.74) is -2.25. The van der Waals surface area contributed by atoms with Gasteiger partial charge in [-0.3, -0.25) is 19.6 Å². The lowest BCUT2D eigenvalue weighted by Crippen LogP contribution is -2.26. The van der Waals surface area contributed by atoms with Gasteiger partial charge in [-0.25, -0.2) is 17.6 Å².